The van der Waals surface area contributed by atoms with Crippen molar-refractivity contribution in [3.8, 4) is 11.3 Å². The van der Waals surface area contributed by atoms with Crippen molar-refractivity contribution in [2.75, 3.05) is 0 Å². The van der Waals surface area contributed by atoms with Crippen molar-refractivity contribution in [3.05, 3.63) is 84.2 Å². The van der Waals surface area contributed by atoms with E-state index in [1.807, 2.05) is 73.9 Å². The van der Waals surface area contributed by atoms with Crippen LogP contribution in [0.15, 0.2) is 73.1 Å². The first-order valence-corrected chi connectivity index (χ1v) is 8.41. The lowest BCUT2D eigenvalue weighted by Crippen LogP contribution is -2.23. The van der Waals surface area contributed by atoms with Gasteiger partial charge in [-0.25, -0.2) is 4.98 Å². The summed E-state index contributed by atoms with van der Waals surface area (Å²) in [6.45, 7) is 0.435. The Hall–Kier alpha value is -3.47. The number of hydrogen-bond acceptors (Lipinski definition) is 3. The van der Waals surface area contributed by atoms with Gasteiger partial charge in [0, 0.05) is 36.3 Å². The van der Waals surface area contributed by atoms with E-state index in [0.29, 0.717) is 12.1 Å². The van der Waals surface area contributed by atoms with Crippen LogP contribution < -0.4 is 5.32 Å². The maximum Gasteiger partial charge on any atom is 0.252 e. The smallest absolute Gasteiger partial charge is 0.252 e. The molecule has 5 nitrogen and oxygen atoms in total. The number of nitrogens with one attached hydrogen (secondary N) is 1. The summed E-state index contributed by atoms with van der Waals surface area (Å²) in [4.78, 5) is 17.6. The van der Waals surface area contributed by atoms with Gasteiger partial charge in [0.1, 0.15) is 0 Å². The first kappa shape index (κ1) is 16.0. The lowest BCUT2D eigenvalue weighted by molar-refractivity contribution is 0.0952. The molecule has 0 aliphatic heterocycles. The monoisotopic (exact) mass is 342 g/mol. The fourth-order valence-corrected chi connectivity index (χ4v) is 2.96. The minimum atomic E-state index is -0.121. The van der Waals surface area contributed by atoms with Crippen molar-refractivity contribution in [2.24, 2.45) is 7.05 Å². The zero-order valence-electron chi connectivity index (χ0n) is 14.4. The highest BCUT2D eigenvalue weighted by Crippen LogP contribution is 2.24. The molecule has 128 valence electrons. The average molecular weight is 342 g/mol. The summed E-state index contributed by atoms with van der Waals surface area (Å²) in [5.74, 6) is -0.121. The number of pyridine rings is 1. The molecule has 26 heavy (non-hydrogen) atoms. The Morgan fingerprint density at radius 2 is 1.85 bits per heavy atom. The topological polar surface area (TPSA) is 59.8 Å². The van der Waals surface area contributed by atoms with Crippen LogP contribution in [-0.2, 0) is 13.6 Å². The Labute approximate surface area is 151 Å². The van der Waals surface area contributed by atoms with E-state index in [4.69, 9.17) is 4.98 Å². The standard InChI is InChI=1S/C21H18N4O/c1-25-14-15(13-23-25)12-22-21(26)18-11-20(16-7-3-2-4-8-16)24-19-10-6-5-9-17(18)19/h2-11,13-14H,12H2,1H3,(H,22,26). The molecule has 0 saturated heterocycles. The number of para-hydroxylation sites is 1. The average Bonchev–Trinajstić information content (AvgIpc) is 3.11. The summed E-state index contributed by atoms with van der Waals surface area (Å²) in [6.07, 6.45) is 3.64. The number of aryl methyl sites for hydroxylation is 1. The molecule has 0 bridgehead atoms. The maximum absolute atomic E-state index is 12.9. The predicted molar refractivity (Wildman–Crippen MR) is 102 cm³/mol. The largest absolute Gasteiger partial charge is 0.348 e. The second kappa shape index (κ2) is 6.80. The third-order valence-corrected chi connectivity index (χ3v) is 4.24. The van der Waals surface area contributed by atoms with E-state index in [1.54, 1.807) is 10.9 Å². The molecule has 0 atom stereocenters. The van der Waals surface area contributed by atoms with Crippen molar-refractivity contribution < 1.29 is 4.79 Å². The number of hydrogen-bond donors (Lipinski definition) is 1. The van der Waals surface area contributed by atoms with Gasteiger partial charge in [0.05, 0.1) is 23.0 Å². The van der Waals surface area contributed by atoms with Crippen molar-refractivity contribution >= 4 is 16.8 Å². The SMILES string of the molecule is Cn1cc(CNC(=O)c2cc(-c3ccccc3)nc3ccccc23)cn1. The van der Waals surface area contributed by atoms with E-state index in [-0.39, 0.29) is 5.91 Å². The summed E-state index contributed by atoms with van der Waals surface area (Å²) in [5.41, 5.74) is 4.16. The third kappa shape index (κ3) is 3.19. The first-order valence-electron chi connectivity index (χ1n) is 8.41. The summed E-state index contributed by atoms with van der Waals surface area (Å²) < 4.78 is 1.72. The Balaban J connectivity index is 1.71. The first-order chi connectivity index (χ1) is 12.7. The molecule has 0 aliphatic rings. The zero-order chi connectivity index (χ0) is 17.9. The van der Waals surface area contributed by atoms with Crippen LogP contribution in [0.5, 0.6) is 0 Å². The number of rotatable bonds is 4. The van der Waals surface area contributed by atoms with Gasteiger partial charge in [-0.3, -0.25) is 9.48 Å². The zero-order valence-corrected chi connectivity index (χ0v) is 14.4. The molecule has 0 saturated carbocycles. The fourth-order valence-electron chi connectivity index (χ4n) is 2.96. The van der Waals surface area contributed by atoms with Gasteiger partial charge in [-0.1, -0.05) is 48.5 Å². The van der Waals surface area contributed by atoms with Crippen LogP contribution in [-0.4, -0.2) is 20.7 Å². The highest BCUT2D eigenvalue weighted by Gasteiger charge is 2.14. The molecular weight excluding hydrogens is 324 g/mol. The Morgan fingerprint density at radius 3 is 2.62 bits per heavy atom. The van der Waals surface area contributed by atoms with Crippen molar-refractivity contribution in [1.29, 1.82) is 0 Å². The highest BCUT2D eigenvalue weighted by atomic mass is 16.1. The summed E-state index contributed by atoms with van der Waals surface area (Å²) >= 11 is 0. The number of aromatic nitrogens is 3. The van der Waals surface area contributed by atoms with Crippen molar-refractivity contribution in [1.82, 2.24) is 20.1 Å². The molecule has 2 heterocycles. The van der Waals surface area contributed by atoms with E-state index in [1.165, 1.54) is 0 Å². The van der Waals surface area contributed by atoms with Crippen molar-refractivity contribution in [2.45, 2.75) is 6.54 Å². The molecule has 0 radical (unpaired) electrons. The predicted octanol–water partition coefficient (Wildman–Crippen LogP) is 3.57. The van der Waals surface area contributed by atoms with Crippen LogP contribution in [0.4, 0.5) is 0 Å². The number of amides is 1. The van der Waals surface area contributed by atoms with E-state index >= 15 is 0 Å². The van der Waals surface area contributed by atoms with Crippen LogP contribution in [0.1, 0.15) is 15.9 Å². The molecule has 1 amide bonds. The van der Waals surface area contributed by atoms with Crippen LogP contribution in [0.25, 0.3) is 22.2 Å². The second-order valence-electron chi connectivity index (χ2n) is 6.14. The second-order valence-corrected chi connectivity index (χ2v) is 6.14. The lowest BCUT2D eigenvalue weighted by Gasteiger charge is -2.10. The maximum atomic E-state index is 12.9. The number of carbonyl (C=O) groups excluding carboxylic acids is 1. The van der Waals surface area contributed by atoms with Gasteiger partial charge in [0.15, 0.2) is 0 Å². The molecule has 4 rings (SSSR count). The van der Waals surface area contributed by atoms with Gasteiger partial charge >= 0.3 is 0 Å². The van der Waals surface area contributed by atoms with E-state index < -0.39 is 0 Å². The number of nitrogens with zero attached hydrogens (tertiary/aromatic N) is 3. The van der Waals surface area contributed by atoms with Gasteiger partial charge in [-0.05, 0) is 12.1 Å². The van der Waals surface area contributed by atoms with Gasteiger partial charge in [-0.15, -0.1) is 0 Å². The molecule has 5 heteroatoms. The van der Waals surface area contributed by atoms with Gasteiger partial charge in [-0.2, -0.15) is 5.10 Å². The van der Waals surface area contributed by atoms with Crippen LogP contribution in [0.2, 0.25) is 0 Å². The molecule has 0 aliphatic carbocycles. The highest BCUT2D eigenvalue weighted by molar-refractivity contribution is 6.07. The number of benzene rings is 2. The minimum Gasteiger partial charge on any atom is -0.348 e. The molecule has 0 unspecified atom stereocenters. The Morgan fingerprint density at radius 1 is 1.08 bits per heavy atom. The quantitative estimate of drug-likeness (QED) is 0.617. The summed E-state index contributed by atoms with van der Waals surface area (Å²) in [6, 6.07) is 19.5. The molecule has 1 N–H and O–H groups in total. The van der Waals surface area contributed by atoms with Gasteiger partial charge in [0.2, 0.25) is 0 Å². The summed E-state index contributed by atoms with van der Waals surface area (Å²) in [7, 11) is 1.85. The fraction of sp³-hybridized carbons (Fsp3) is 0.0952. The molecule has 0 fully saturated rings. The molecule has 0 spiro atoms. The van der Waals surface area contributed by atoms with Gasteiger partial charge < -0.3 is 5.32 Å². The molecule has 2 aromatic carbocycles. The molecule has 4 aromatic rings. The third-order valence-electron chi connectivity index (χ3n) is 4.24. The number of fused-ring (bicyclic) bond motifs is 1. The van der Waals surface area contributed by atoms with Crippen molar-refractivity contribution in [3.63, 3.8) is 0 Å². The Bertz CT molecular complexity index is 1070. The molecular formula is C21H18N4O. The number of carbonyl (C=O) groups is 1. The lowest BCUT2D eigenvalue weighted by atomic mass is 10.0. The van der Waals surface area contributed by atoms with Crippen LogP contribution in [0, 0.1) is 0 Å². The van der Waals surface area contributed by atoms with E-state index in [9.17, 15) is 4.79 Å². The summed E-state index contributed by atoms with van der Waals surface area (Å²) in [5, 5.41) is 7.95. The Kier molecular flexibility index (Phi) is 4.19. The minimum absolute atomic E-state index is 0.121. The normalized spacial score (nSPS) is 10.8. The van der Waals surface area contributed by atoms with Crippen LogP contribution >= 0.6 is 0 Å². The van der Waals surface area contributed by atoms with Gasteiger partial charge in [0.25, 0.3) is 5.91 Å². The van der Waals surface area contributed by atoms with Crippen LogP contribution in [0.3, 0.4) is 0 Å². The van der Waals surface area contributed by atoms with E-state index in [0.717, 1.165) is 27.7 Å². The molecule has 2 aromatic heterocycles. The van der Waals surface area contributed by atoms with E-state index in [2.05, 4.69) is 10.4 Å².